The maximum absolute atomic E-state index is 12.8. The van der Waals surface area contributed by atoms with E-state index in [1.165, 1.54) is 5.56 Å². The molecule has 1 unspecified atom stereocenters. The Kier molecular flexibility index (Phi) is 4.80. The number of nitrogens with zero attached hydrogens (tertiary/aromatic N) is 2. The fourth-order valence-electron chi connectivity index (χ4n) is 3.64. The maximum atomic E-state index is 12.8. The molecule has 0 N–H and O–H groups in total. The first-order chi connectivity index (χ1) is 12.7. The van der Waals surface area contributed by atoms with Crippen LogP contribution in [0.25, 0.3) is 0 Å². The summed E-state index contributed by atoms with van der Waals surface area (Å²) in [4.78, 5) is 17.3. The van der Waals surface area contributed by atoms with Gasteiger partial charge in [-0.05, 0) is 37.1 Å². The van der Waals surface area contributed by atoms with E-state index in [0.29, 0.717) is 23.1 Å². The van der Waals surface area contributed by atoms with Crippen LogP contribution in [0.1, 0.15) is 22.8 Å². The minimum atomic E-state index is 0.0675. The second kappa shape index (κ2) is 7.38. The van der Waals surface area contributed by atoms with Crippen LogP contribution >= 0.6 is 0 Å². The molecular weight excluding hydrogens is 328 g/mol. The monoisotopic (exact) mass is 352 g/mol. The average molecular weight is 352 g/mol. The number of fused-ring (bicyclic) bond motifs is 1. The maximum Gasteiger partial charge on any atom is 0.254 e. The summed E-state index contributed by atoms with van der Waals surface area (Å²) in [6.45, 7) is 5.87. The van der Waals surface area contributed by atoms with Gasteiger partial charge in [0.15, 0.2) is 11.5 Å². The molecule has 136 valence electrons. The zero-order valence-electron chi connectivity index (χ0n) is 15.1. The van der Waals surface area contributed by atoms with Crippen molar-refractivity contribution in [1.82, 2.24) is 9.80 Å². The molecule has 1 saturated heterocycles. The lowest BCUT2D eigenvalue weighted by molar-refractivity contribution is 0.0517. The quantitative estimate of drug-likeness (QED) is 0.849. The first-order valence-electron chi connectivity index (χ1n) is 9.17. The molecular formula is C21H24N2O3. The molecule has 5 heteroatoms. The van der Waals surface area contributed by atoms with Crippen molar-refractivity contribution in [2.45, 2.75) is 19.4 Å². The van der Waals surface area contributed by atoms with Gasteiger partial charge in [0.25, 0.3) is 5.91 Å². The number of hydrogen-bond donors (Lipinski definition) is 0. The standard InChI is InChI=1S/C21H24N2O3/c1-16-14-23(12-11-22(16)10-9-17-5-3-2-4-6-17)21(24)18-7-8-19-20(13-18)26-15-25-19/h2-8,13,16H,9-12,14-15H2,1H3. The highest BCUT2D eigenvalue weighted by molar-refractivity contribution is 5.95. The van der Waals surface area contributed by atoms with Crippen LogP contribution < -0.4 is 9.47 Å². The molecule has 2 heterocycles. The fourth-order valence-corrected chi connectivity index (χ4v) is 3.64. The lowest BCUT2D eigenvalue weighted by Gasteiger charge is -2.40. The van der Waals surface area contributed by atoms with E-state index in [2.05, 4.69) is 36.1 Å². The van der Waals surface area contributed by atoms with Gasteiger partial charge in [0.2, 0.25) is 6.79 Å². The van der Waals surface area contributed by atoms with Crippen molar-refractivity contribution in [3.8, 4) is 11.5 Å². The molecule has 1 atom stereocenters. The Morgan fingerprint density at radius 2 is 1.88 bits per heavy atom. The van der Waals surface area contributed by atoms with E-state index in [4.69, 9.17) is 9.47 Å². The Bertz CT molecular complexity index is 778. The Hall–Kier alpha value is -2.53. The van der Waals surface area contributed by atoms with Crippen molar-refractivity contribution >= 4 is 5.91 Å². The minimum absolute atomic E-state index is 0.0675. The van der Waals surface area contributed by atoms with E-state index in [9.17, 15) is 4.79 Å². The van der Waals surface area contributed by atoms with Crippen LogP contribution in [0.2, 0.25) is 0 Å². The van der Waals surface area contributed by atoms with Crippen LogP contribution in [0.4, 0.5) is 0 Å². The number of ether oxygens (including phenoxy) is 2. The Balaban J connectivity index is 1.35. The topological polar surface area (TPSA) is 42.0 Å². The molecule has 0 spiro atoms. The van der Waals surface area contributed by atoms with E-state index in [0.717, 1.165) is 32.6 Å². The van der Waals surface area contributed by atoms with Crippen molar-refractivity contribution in [3.05, 3.63) is 59.7 Å². The third-order valence-corrected chi connectivity index (χ3v) is 5.20. The highest BCUT2D eigenvalue weighted by Gasteiger charge is 2.28. The summed E-state index contributed by atoms with van der Waals surface area (Å²) in [7, 11) is 0. The van der Waals surface area contributed by atoms with Gasteiger partial charge in [-0.1, -0.05) is 30.3 Å². The number of carbonyl (C=O) groups is 1. The second-order valence-electron chi connectivity index (χ2n) is 6.94. The number of benzene rings is 2. The Labute approximate surface area is 154 Å². The second-order valence-corrected chi connectivity index (χ2v) is 6.94. The summed E-state index contributed by atoms with van der Waals surface area (Å²) in [6.07, 6.45) is 1.04. The van der Waals surface area contributed by atoms with Crippen LogP contribution in [-0.4, -0.2) is 54.7 Å². The highest BCUT2D eigenvalue weighted by Crippen LogP contribution is 2.33. The first-order valence-corrected chi connectivity index (χ1v) is 9.17. The number of hydrogen-bond acceptors (Lipinski definition) is 4. The molecule has 0 bridgehead atoms. The van der Waals surface area contributed by atoms with Gasteiger partial charge in [0, 0.05) is 37.8 Å². The van der Waals surface area contributed by atoms with Gasteiger partial charge in [-0.25, -0.2) is 0 Å². The summed E-state index contributed by atoms with van der Waals surface area (Å²) >= 11 is 0. The third-order valence-electron chi connectivity index (χ3n) is 5.20. The molecule has 2 aliphatic heterocycles. The van der Waals surface area contributed by atoms with Gasteiger partial charge in [0.1, 0.15) is 0 Å². The van der Waals surface area contributed by atoms with Crippen molar-refractivity contribution in [3.63, 3.8) is 0 Å². The van der Waals surface area contributed by atoms with E-state index in [1.807, 2.05) is 23.1 Å². The summed E-state index contributed by atoms with van der Waals surface area (Å²) in [5.41, 5.74) is 2.03. The lowest BCUT2D eigenvalue weighted by Crippen LogP contribution is -2.54. The van der Waals surface area contributed by atoms with Gasteiger partial charge in [-0.3, -0.25) is 9.69 Å². The van der Waals surface area contributed by atoms with Gasteiger partial charge >= 0.3 is 0 Å². The minimum Gasteiger partial charge on any atom is -0.454 e. The normalized spacial score (nSPS) is 19.6. The number of amides is 1. The molecule has 2 aromatic rings. The van der Waals surface area contributed by atoms with Crippen LogP contribution in [0.15, 0.2) is 48.5 Å². The molecule has 0 aromatic heterocycles. The molecule has 2 aliphatic rings. The molecule has 0 radical (unpaired) electrons. The van der Waals surface area contributed by atoms with Crippen molar-refractivity contribution in [2.24, 2.45) is 0 Å². The molecule has 4 rings (SSSR count). The van der Waals surface area contributed by atoms with E-state index in [1.54, 1.807) is 6.07 Å². The Morgan fingerprint density at radius 1 is 1.08 bits per heavy atom. The smallest absolute Gasteiger partial charge is 0.254 e. The average Bonchev–Trinajstić information content (AvgIpc) is 3.15. The molecule has 0 saturated carbocycles. The van der Waals surface area contributed by atoms with E-state index in [-0.39, 0.29) is 12.7 Å². The number of piperazine rings is 1. The molecule has 1 fully saturated rings. The predicted octanol–water partition coefficient (Wildman–Crippen LogP) is 2.80. The van der Waals surface area contributed by atoms with Crippen molar-refractivity contribution < 1.29 is 14.3 Å². The third kappa shape index (κ3) is 3.53. The van der Waals surface area contributed by atoms with Gasteiger partial charge in [-0.15, -0.1) is 0 Å². The summed E-state index contributed by atoms with van der Waals surface area (Å²) < 4.78 is 10.7. The fraction of sp³-hybridized carbons (Fsp3) is 0.381. The lowest BCUT2D eigenvalue weighted by atomic mass is 10.1. The number of rotatable bonds is 4. The van der Waals surface area contributed by atoms with Gasteiger partial charge < -0.3 is 14.4 Å². The van der Waals surface area contributed by atoms with Gasteiger partial charge in [0.05, 0.1) is 0 Å². The zero-order valence-corrected chi connectivity index (χ0v) is 15.1. The van der Waals surface area contributed by atoms with Crippen LogP contribution in [0.3, 0.4) is 0 Å². The SMILES string of the molecule is CC1CN(C(=O)c2ccc3c(c2)OCO3)CCN1CCc1ccccc1. The van der Waals surface area contributed by atoms with Crippen LogP contribution in [0, 0.1) is 0 Å². The summed E-state index contributed by atoms with van der Waals surface area (Å²) in [6, 6.07) is 16.3. The van der Waals surface area contributed by atoms with Crippen LogP contribution in [-0.2, 0) is 6.42 Å². The first kappa shape index (κ1) is 16.9. The molecule has 1 amide bonds. The van der Waals surface area contributed by atoms with E-state index < -0.39 is 0 Å². The Morgan fingerprint density at radius 3 is 2.69 bits per heavy atom. The van der Waals surface area contributed by atoms with Gasteiger partial charge in [-0.2, -0.15) is 0 Å². The van der Waals surface area contributed by atoms with Crippen molar-refractivity contribution in [1.29, 1.82) is 0 Å². The van der Waals surface area contributed by atoms with Crippen molar-refractivity contribution in [2.75, 3.05) is 33.0 Å². The summed E-state index contributed by atoms with van der Waals surface area (Å²) in [5.74, 6) is 1.43. The molecule has 0 aliphatic carbocycles. The number of carbonyl (C=O) groups excluding carboxylic acids is 1. The predicted molar refractivity (Wildman–Crippen MR) is 99.6 cm³/mol. The molecule has 26 heavy (non-hydrogen) atoms. The van der Waals surface area contributed by atoms with E-state index >= 15 is 0 Å². The van der Waals surface area contributed by atoms with Crippen LogP contribution in [0.5, 0.6) is 11.5 Å². The molecule has 5 nitrogen and oxygen atoms in total. The summed E-state index contributed by atoms with van der Waals surface area (Å²) in [5, 5.41) is 0. The molecule has 2 aromatic carbocycles. The largest absolute Gasteiger partial charge is 0.454 e. The zero-order chi connectivity index (χ0) is 17.9. The highest BCUT2D eigenvalue weighted by atomic mass is 16.7.